The molecule has 0 spiro atoms. The van der Waals surface area contributed by atoms with Gasteiger partial charge in [0, 0.05) is 35.7 Å². The summed E-state index contributed by atoms with van der Waals surface area (Å²) in [6.45, 7) is 0.678. The fraction of sp³-hybridized carbons (Fsp3) is 0.176. The number of nitrogens with one attached hydrogen (secondary N) is 1. The SMILES string of the molecule is COCCc1[nH]c2ccccc2c1-c1ccc(O)cc1. The second-order valence-electron chi connectivity index (χ2n) is 4.81. The van der Waals surface area contributed by atoms with Gasteiger partial charge >= 0.3 is 0 Å². The standard InChI is InChI=1S/C17H17NO2/c1-20-11-10-16-17(12-6-8-13(19)9-7-12)14-4-2-3-5-15(14)18-16/h2-9,18-19H,10-11H2,1H3. The Kier molecular flexibility index (Phi) is 3.44. The molecule has 0 radical (unpaired) electrons. The number of rotatable bonds is 4. The lowest BCUT2D eigenvalue weighted by atomic mass is 10.0. The highest BCUT2D eigenvalue weighted by Crippen LogP contribution is 2.33. The zero-order valence-electron chi connectivity index (χ0n) is 11.4. The Morgan fingerprint density at radius 1 is 1.05 bits per heavy atom. The molecule has 0 aliphatic rings. The number of methoxy groups -OCH3 is 1. The lowest BCUT2D eigenvalue weighted by molar-refractivity contribution is 0.201. The van der Waals surface area contributed by atoms with E-state index in [1.54, 1.807) is 19.2 Å². The van der Waals surface area contributed by atoms with E-state index in [0.29, 0.717) is 6.61 Å². The molecular formula is C17H17NO2. The van der Waals surface area contributed by atoms with Crippen LogP contribution in [0.4, 0.5) is 0 Å². The minimum absolute atomic E-state index is 0.284. The van der Waals surface area contributed by atoms with Crippen molar-refractivity contribution in [3.63, 3.8) is 0 Å². The number of para-hydroxylation sites is 1. The first kappa shape index (κ1) is 12.8. The van der Waals surface area contributed by atoms with Gasteiger partial charge in [-0.1, -0.05) is 30.3 Å². The minimum atomic E-state index is 0.284. The average molecular weight is 267 g/mol. The van der Waals surface area contributed by atoms with Gasteiger partial charge in [-0.2, -0.15) is 0 Å². The molecule has 0 bridgehead atoms. The van der Waals surface area contributed by atoms with Crippen molar-refractivity contribution in [1.82, 2.24) is 4.98 Å². The first-order valence-electron chi connectivity index (χ1n) is 6.67. The first-order chi connectivity index (χ1) is 9.79. The number of aromatic amines is 1. The van der Waals surface area contributed by atoms with Crippen molar-refractivity contribution in [2.24, 2.45) is 0 Å². The molecule has 0 fully saturated rings. The van der Waals surface area contributed by atoms with Crippen LogP contribution in [0.3, 0.4) is 0 Å². The van der Waals surface area contributed by atoms with Crippen LogP contribution < -0.4 is 0 Å². The molecule has 3 rings (SSSR count). The number of benzene rings is 2. The largest absolute Gasteiger partial charge is 0.508 e. The molecule has 0 saturated carbocycles. The number of hydrogen-bond donors (Lipinski definition) is 2. The molecule has 2 N–H and O–H groups in total. The number of H-pyrrole nitrogens is 1. The normalized spacial score (nSPS) is 11.1. The summed E-state index contributed by atoms with van der Waals surface area (Å²) in [7, 11) is 1.71. The molecule has 0 unspecified atom stereocenters. The van der Waals surface area contributed by atoms with Crippen molar-refractivity contribution in [2.45, 2.75) is 6.42 Å². The van der Waals surface area contributed by atoms with Gasteiger partial charge in [-0.15, -0.1) is 0 Å². The maximum Gasteiger partial charge on any atom is 0.115 e. The number of aromatic nitrogens is 1. The van der Waals surface area contributed by atoms with Gasteiger partial charge in [-0.25, -0.2) is 0 Å². The van der Waals surface area contributed by atoms with Gasteiger partial charge in [-0.3, -0.25) is 0 Å². The molecule has 3 aromatic rings. The van der Waals surface area contributed by atoms with E-state index in [1.807, 2.05) is 24.3 Å². The molecule has 3 nitrogen and oxygen atoms in total. The Hall–Kier alpha value is -2.26. The lowest BCUT2D eigenvalue weighted by Crippen LogP contribution is -1.96. The summed E-state index contributed by atoms with van der Waals surface area (Å²) in [6.07, 6.45) is 0.835. The predicted molar refractivity (Wildman–Crippen MR) is 81.0 cm³/mol. The first-order valence-corrected chi connectivity index (χ1v) is 6.67. The Balaban J connectivity index is 2.17. The Bertz CT molecular complexity index is 713. The number of phenolic OH excluding ortho intramolecular Hbond substituents is 1. The summed E-state index contributed by atoms with van der Waals surface area (Å²) >= 11 is 0. The number of aromatic hydroxyl groups is 1. The maximum absolute atomic E-state index is 9.45. The second kappa shape index (κ2) is 5.39. The summed E-state index contributed by atoms with van der Waals surface area (Å²) in [5, 5.41) is 10.6. The van der Waals surface area contributed by atoms with E-state index in [9.17, 15) is 5.11 Å². The van der Waals surface area contributed by atoms with Gasteiger partial charge in [0.1, 0.15) is 5.75 Å². The summed E-state index contributed by atoms with van der Waals surface area (Å²) in [5.41, 5.74) is 4.59. The zero-order chi connectivity index (χ0) is 13.9. The topological polar surface area (TPSA) is 45.2 Å². The molecule has 0 aliphatic heterocycles. The van der Waals surface area contributed by atoms with Crippen LogP contribution in [0.1, 0.15) is 5.69 Å². The predicted octanol–water partition coefficient (Wildman–Crippen LogP) is 3.73. The average Bonchev–Trinajstić information content (AvgIpc) is 2.84. The van der Waals surface area contributed by atoms with E-state index in [-0.39, 0.29) is 5.75 Å². The smallest absolute Gasteiger partial charge is 0.115 e. The lowest BCUT2D eigenvalue weighted by Gasteiger charge is -2.05. The van der Waals surface area contributed by atoms with Crippen molar-refractivity contribution < 1.29 is 9.84 Å². The van der Waals surface area contributed by atoms with Gasteiger partial charge in [0.2, 0.25) is 0 Å². The van der Waals surface area contributed by atoms with E-state index in [4.69, 9.17) is 4.74 Å². The third-order valence-corrected chi connectivity index (χ3v) is 3.50. The molecule has 1 aromatic heterocycles. The Labute approximate surface area is 117 Å². The quantitative estimate of drug-likeness (QED) is 0.756. The fourth-order valence-corrected chi connectivity index (χ4v) is 2.55. The summed E-state index contributed by atoms with van der Waals surface area (Å²) in [5.74, 6) is 0.284. The molecule has 0 amide bonds. The Morgan fingerprint density at radius 2 is 1.80 bits per heavy atom. The van der Waals surface area contributed by atoms with Crippen LogP contribution in [0.2, 0.25) is 0 Å². The van der Waals surface area contributed by atoms with Crippen molar-refractivity contribution in [3.8, 4) is 16.9 Å². The minimum Gasteiger partial charge on any atom is -0.508 e. The highest BCUT2D eigenvalue weighted by molar-refractivity contribution is 5.97. The number of ether oxygens (including phenoxy) is 1. The number of hydrogen-bond acceptors (Lipinski definition) is 2. The third kappa shape index (κ3) is 2.28. The van der Waals surface area contributed by atoms with Crippen molar-refractivity contribution >= 4 is 10.9 Å². The third-order valence-electron chi connectivity index (χ3n) is 3.50. The number of fused-ring (bicyclic) bond motifs is 1. The van der Waals surface area contributed by atoms with E-state index >= 15 is 0 Å². The molecular weight excluding hydrogens is 250 g/mol. The monoisotopic (exact) mass is 267 g/mol. The molecule has 0 atom stereocenters. The zero-order valence-corrected chi connectivity index (χ0v) is 11.4. The summed E-state index contributed by atoms with van der Waals surface area (Å²) in [4.78, 5) is 3.47. The van der Waals surface area contributed by atoms with Crippen molar-refractivity contribution in [2.75, 3.05) is 13.7 Å². The van der Waals surface area contributed by atoms with E-state index in [2.05, 4.69) is 17.1 Å². The van der Waals surface area contributed by atoms with Crippen LogP contribution in [0, 0.1) is 0 Å². The molecule has 3 heteroatoms. The molecule has 20 heavy (non-hydrogen) atoms. The van der Waals surface area contributed by atoms with E-state index < -0.39 is 0 Å². The van der Waals surface area contributed by atoms with Crippen molar-refractivity contribution in [3.05, 3.63) is 54.2 Å². The highest BCUT2D eigenvalue weighted by atomic mass is 16.5. The second-order valence-corrected chi connectivity index (χ2v) is 4.81. The van der Waals surface area contributed by atoms with Gasteiger partial charge in [-0.05, 0) is 23.8 Å². The van der Waals surface area contributed by atoms with Gasteiger partial charge < -0.3 is 14.8 Å². The highest BCUT2D eigenvalue weighted by Gasteiger charge is 2.12. The van der Waals surface area contributed by atoms with Gasteiger partial charge in [0.25, 0.3) is 0 Å². The number of phenols is 1. The molecule has 102 valence electrons. The maximum atomic E-state index is 9.45. The molecule has 0 saturated heterocycles. The van der Waals surface area contributed by atoms with Gasteiger partial charge in [0.15, 0.2) is 0 Å². The van der Waals surface area contributed by atoms with Crippen LogP contribution >= 0.6 is 0 Å². The van der Waals surface area contributed by atoms with E-state index in [1.165, 1.54) is 16.6 Å². The van der Waals surface area contributed by atoms with Crippen LogP contribution in [-0.2, 0) is 11.2 Å². The molecule has 1 heterocycles. The van der Waals surface area contributed by atoms with Crippen LogP contribution in [0.25, 0.3) is 22.0 Å². The molecule has 2 aromatic carbocycles. The van der Waals surface area contributed by atoms with E-state index in [0.717, 1.165) is 17.5 Å². The van der Waals surface area contributed by atoms with Crippen LogP contribution in [0.5, 0.6) is 5.75 Å². The summed E-state index contributed by atoms with van der Waals surface area (Å²) < 4.78 is 5.19. The summed E-state index contributed by atoms with van der Waals surface area (Å²) in [6, 6.07) is 15.6. The molecule has 0 aliphatic carbocycles. The van der Waals surface area contributed by atoms with Crippen LogP contribution in [-0.4, -0.2) is 23.8 Å². The van der Waals surface area contributed by atoms with Crippen LogP contribution in [0.15, 0.2) is 48.5 Å². The van der Waals surface area contributed by atoms with Gasteiger partial charge in [0.05, 0.1) is 6.61 Å². The fourth-order valence-electron chi connectivity index (χ4n) is 2.55. The van der Waals surface area contributed by atoms with Crippen molar-refractivity contribution in [1.29, 1.82) is 0 Å². The Morgan fingerprint density at radius 3 is 2.55 bits per heavy atom.